The van der Waals surface area contributed by atoms with Gasteiger partial charge in [0.15, 0.2) is 0 Å². The van der Waals surface area contributed by atoms with Gasteiger partial charge in [-0.05, 0) is 42.7 Å². The van der Waals surface area contributed by atoms with Crippen molar-refractivity contribution in [2.45, 2.75) is 19.8 Å². The molecular weight excluding hydrogens is 313 g/mol. The monoisotopic (exact) mass is 333 g/mol. The highest BCUT2D eigenvalue weighted by Gasteiger charge is 2.18. The lowest BCUT2D eigenvalue weighted by Gasteiger charge is -2.15. The van der Waals surface area contributed by atoms with Crippen LogP contribution in [0.5, 0.6) is 0 Å². The van der Waals surface area contributed by atoms with E-state index in [9.17, 15) is 9.18 Å². The molecule has 0 saturated heterocycles. The van der Waals surface area contributed by atoms with Crippen LogP contribution in [0, 0.1) is 12.7 Å². The van der Waals surface area contributed by atoms with Crippen molar-refractivity contribution in [2.24, 2.45) is 0 Å². The maximum absolute atomic E-state index is 14.5. The van der Waals surface area contributed by atoms with Crippen LogP contribution >= 0.6 is 0 Å². The number of anilines is 1. The molecule has 126 valence electrons. The Labute approximate surface area is 147 Å². The van der Waals surface area contributed by atoms with Crippen LogP contribution in [-0.4, -0.2) is 5.91 Å². The zero-order chi connectivity index (χ0) is 17.8. The highest BCUT2D eigenvalue weighted by molar-refractivity contribution is 5.96. The van der Waals surface area contributed by atoms with Gasteiger partial charge in [-0.1, -0.05) is 60.7 Å². The Balaban J connectivity index is 1.81. The van der Waals surface area contributed by atoms with Crippen molar-refractivity contribution in [1.29, 1.82) is 0 Å². The first-order valence-corrected chi connectivity index (χ1v) is 8.27. The molecule has 0 radical (unpaired) electrons. The Bertz CT molecular complexity index is 890. The molecule has 1 N–H and O–H groups in total. The van der Waals surface area contributed by atoms with Gasteiger partial charge in [0.1, 0.15) is 5.82 Å². The van der Waals surface area contributed by atoms with Gasteiger partial charge in [0.2, 0.25) is 5.91 Å². The second kappa shape index (κ2) is 7.31. The topological polar surface area (TPSA) is 29.1 Å². The number of amides is 1. The first-order valence-electron chi connectivity index (χ1n) is 8.27. The molecule has 3 aromatic carbocycles. The molecule has 2 nitrogen and oxygen atoms in total. The van der Waals surface area contributed by atoms with Gasteiger partial charge < -0.3 is 5.32 Å². The largest absolute Gasteiger partial charge is 0.325 e. The number of halogens is 1. The molecule has 3 heteroatoms. The van der Waals surface area contributed by atoms with E-state index in [0.29, 0.717) is 11.1 Å². The third kappa shape index (κ3) is 3.77. The first kappa shape index (κ1) is 16.9. The van der Waals surface area contributed by atoms with Gasteiger partial charge in [-0.3, -0.25) is 4.79 Å². The van der Waals surface area contributed by atoms with Crippen molar-refractivity contribution in [2.75, 3.05) is 5.32 Å². The molecule has 0 spiro atoms. The Kier molecular flexibility index (Phi) is 4.94. The van der Waals surface area contributed by atoms with Gasteiger partial charge in [-0.15, -0.1) is 0 Å². The summed E-state index contributed by atoms with van der Waals surface area (Å²) in [4.78, 5) is 12.5. The highest BCUT2D eigenvalue weighted by Crippen LogP contribution is 2.27. The minimum Gasteiger partial charge on any atom is -0.325 e. The zero-order valence-electron chi connectivity index (χ0n) is 14.3. The van der Waals surface area contributed by atoms with Crippen LogP contribution in [0.2, 0.25) is 0 Å². The number of rotatable bonds is 4. The molecule has 3 aromatic rings. The van der Waals surface area contributed by atoms with Crippen LogP contribution in [0.3, 0.4) is 0 Å². The van der Waals surface area contributed by atoms with E-state index in [1.807, 2.05) is 67.6 Å². The lowest BCUT2D eigenvalue weighted by molar-refractivity contribution is -0.117. The standard InChI is InChI=1S/C22H20FNO/c1-15-8-6-7-11-21(15)24-22(25)16(2)18-12-13-19(20(23)14-18)17-9-4-3-5-10-17/h3-14,16H,1-2H3,(H,24,25)/t16-/m1/s1. The van der Waals surface area contributed by atoms with E-state index < -0.39 is 5.92 Å². The number of carbonyl (C=O) groups excluding carboxylic acids is 1. The molecule has 1 amide bonds. The molecule has 3 rings (SSSR count). The molecule has 0 unspecified atom stereocenters. The number of nitrogens with one attached hydrogen (secondary N) is 1. The third-order valence-electron chi connectivity index (χ3n) is 4.37. The van der Waals surface area contributed by atoms with E-state index in [0.717, 1.165) is 16.8 Å². The number of benzene rings is 3. The first-order chi connectivity index (χ1) is 12.1. The molecule has 0 aliphatic heterocycles. The normalized spacial score (nSPS) is 11.8. The third-order valence-corrected chi connectivity index (χ3v) is 4.37. The molecule has 25 heavy (non-hydrogen) atoms. The van der Waals surface area contributed by atoms with E-state index in [1.165, 1.54) is 6.07 Å². The molecular formula is C22H20FNO. The minimum absolute atomic E-state index is 0.152. The number of para-hydroxylation sites is 1. The number of hydrogen-bond donors (Lipinski definition) is 1. The average molecular weight is 333 g/mol. The summed E-state index contributed by atoms with van der Waals surface area (Å²) in [6, 6.07) is 22.0. The summed E-state index contributed by atoms with van der Waals surface area (Å²) in [7, 11) is 0. The van der Waals surface area contributed by atoms with Gasteiger partial charge in [0, 0.05) is 11.3 Å². The van der Waals surface area contributed by atoms with Crippen LogP contribution in [0.15, 0.2) is 72.8 Å². The van der Waals surface area contributed by atoms with Gasteiger partial charge in [-0.2, -0.15) is 0 Å². The van der Waals surface area contributed by atoms with Crippen molar-refractivity contribution in [3.8, 4) is 11.1 Å². The summed E-state index contributed by atoms with van der Waals surface area (Å²) in [6.07, 6.45) is 0. The Morgan fingerprint density at radius 1 is 0.960 bits per heavy atom. The van der Waals surface area contributed by atoms with E-state index in [1.54, 1.807) is 13.0 Å². The Morgan fingerprint density at radius 2 is 1.64 bits per heavy atom. The summed E-state index contributed by atoms with van der Waals surface area (Å²) in [6.45, 7) is 3.72. The predicted molar refractivity (Wildman–Crippen MR) is 100 cm³/mol. The molecule has 0 aliphatic rings. The molecule has 0 aliphatic carbocycles. The summed E-state index contributed by atoms with van der Waals surface area (Å²) in [5.74, 6) is -0.917. The maximum atomic E-state index is 14.5. The molecule has 0 heterocycles. The van der Waals surface area contributed by atoms with Gasteiger partial charge in [0.25, 0.3) is 0 Å². The molecule has 1 atom stereocenters. The molecule has 0 aromatic heterocycles. The Hall–Kier alpha value is -2.94. The highest BCUT2D eigenvalue weighted by atomic mass is 19.1. The van der Waals surface area contributed by atoms with Crippen molar-refractivity contribution in [1.82, 2.24) is 0 Å². The SMILES string of the molecule is Cc1ccccc1NC(=O)[C@H](C)c1ccc(-c2ccccc2)c(F)c1. The molecule has 0 saturated carbocycles. The fourth-order valence-corrected chi connectivity index (χ4v) is 2.76. The summed E-state index contributed by atoms with van der Waals surface area (Å²) >= 11 is 0. The number of hydrogen-bond acceptors (Lipinski definition) is 1. The van der Waals surface area contributed by atoms with Crippen molar-refractivity contribution >= 4 is 11.6 Å². The zero-order valence-corrected chi connectivity index (χ0v) is 14.3. The van der Waals surface area contributed by atoms with E-state index in [4.69, 9.17) is 0 Å². The van der Waals surface area contributed by atoms with Crippen molar-refractivity contribution in [3.63, 3.8) is 0 Å². The van der Waals surface area contributed by atoms with Gasteiger partial charge in [0.05, 0.1) is 5.92 Å². The second-order valence-electron chi connectivity index (χ2n) is 6.13. The van der Waals surface area contributed by atoms with Crippen molar-refractivity contribution in [3.05, 3.63) is 89.7 Å². The van der Waals surface area contributed by atoms with Crippen LogP contribution in [0.4, 0.5) is 10.1 Å². The Morgan fingerprint density at radius 3 is 2.32 bits per heavy atom. The van der Waals surface area contributed by atoms with Crippen LogP contribution in [-0.2, 0) is 4.79 Å². The van der Waals surface area contributed by atoms with Crippen LogP contribution in [0.25, 0.3) is 11.1 Å². The summed E-state index contributed by atoms with van der Waals surface area (Å²) in [5, 5.41) is 2.91. The smallest absolute Gasteiger partial charge is 0.231 e. The van der Waals surface area contributed by atoms with Crippen molar-refractivity contribution < 1.29 is 9.18 Å². The van der Waals surface area contributed by atoms with E-state index in [-0.39, 0.29) is 11.7 Å². The number of aryl methyl sites for hydroxylation is 1. The fourth-order valence-electron chi connectivity index (χ4n) is 2.76. The van der Waals surface area contributed by atoms with Gasteiger partial charge in [-0.25, -0.2) is 4.39 Å². The van der Waals surface area contributed by atoms with E-state index >= 15 is 0 Å². The average Bonchev–Trinajstić information content (AvgIpc) is 2.63. The van der Waals surface area contributed by atoms with Gasteiger partial charge >= 0.3 is 0 Å². The molecule has 0 bridgehead atoms. The minimum atomic E-state index is -0.445. The number of carbonyl (C=O) groups is 1. The van der Waals surface area contributed by atoms with Crippen LogP contribution in [0.1, 0.15) is 24.0 Å². The summed E-state index contributed by atoms with van der Waals surface area (Å²) in [5.41, 5.74) is 3.79. The van der Waals surface area contributed by atoms with Crippen LogP contribution < -0.4 is 5.32 Å². The summed E-state index contributed by atoms with van der Waals surface area (Å²) < 4.78 is 14.5. The fraction of sp³-hybridized carbons (Fsp3) is 0.136. The lowest BCUT2D eigenvalue weighted by Crippen LogP contribution is -2.19. The van der Waals surface area contributed by atoms with E-state index in [2.05, 4.69) is 5.32 Å². The lowest BCUT2D eigenvalue weighted by atomic mass is 9.96. The molecule has 0 fully saturated rings. The quantitative estimate of drug-likeness (QED) is 0.667. The second-order valence-corrected chi connectivity index (χ2v) is 6.13. The maximum Gasteiger partial charge on any atom is 0.231 e. The predicted octanol–water partition coefficient (Wildman–Crippen LogP) is 5.54.